The van der Waals surface area contributed by atoms with Gasteiger partial charge in [0.05, 0.1) is 12.0 Å². The molecule has 1 aliphatic carbocycles. The highest BCUT2D eigenvalue weighted by atomic mass is 15.4. The van der Waals surface area contributed by atoms with Crippen molar-refractivity contribution >= 4 is 0 Å². The van der Waals surface area contributed by atoms with Crippen molar-refractivity contribution in [1.29, 1.82) is 5.26 Å². The highest BCUT2D eigenvalue weighted by molar-refractivity contribution is 5.23. The molecule has 0 unspecified atom stereocenters. The molecule has 1 heterocycles. The molecule has 0 N–H and O–H groups in total. The van der Waals surface area contributed by atoms with Crippen LogP contribution in [-0.4, -0.2) is 5.66 Å². The lowest BCUT2D eigenvalue weighted by atomic mass is 10.0. The number of hydrogen-bond acceptors (Lipinski definition) is 3. The van der Waals surface area contributed by atoms with Gasteiger partial charge in [-0.3, -0.25) is 0 Å². The van der Waals surface area contributed by atoms with Gasteiger partial charge in [0.25, 0.3) is 0 Å². The summed E-state index contributed by atoms with van der Waals surface area (Å²) in [7, 11) is 0. The lowest BCUT2D eigenvalue weighted by Gasteiger charge is -2.03. The molecule has 2 atom stereocenters. The quantitative estimate of drug-likeness (QED) is 0.562. The first-order chi connectivity index (χ1) is 5.02. The highest BCUT2D eigenvalue weighted by Crippen LogP contribution is 2.66. The maximum Gasteiger partial charge on any atom is 0.192 e. The molecule has 2 aliphatic rings. The van der Waals surface area contributed by atoms with Crippen LogP contribution in [0.2, 0.25) is 0 Å². The van der Waals surface area contributed by atoms with Gasteiger partial charge >= 0.3 is 0 Å². The van der Waals surface area contributed by atoms with E-state index >= 15 is 0 Å². The van der Waals surface area contributed by atoms with Crippen molar-refractivity contribution in [2.45, 2.75) is 26.4 Å². The Morgan fingerprint density at radius 1 is 1.27 bits per heavy atom. The maximum absolute atomic E-state index is 8.77. The fourth-order valence-electron chi connectivity index (χ4n) is 2.10. The van der Waals surface area contributed by atoms with Crippen molar-refractivity contribution in [1.82, 2.24) is 0 Å². The van der Waals surface area contributed by atoms with Crippen molar-refractivity contribution in [2.24, 2.45) is 27.5 Å². The maximum atomic E-state index is 8.77. The van der Waals surface area contributed by atoms with Gasteiger partial charge in [-0.15, -0.1) is 0 Å². The van der Waals surface area contributed by atoms with Gasteiger partial charge in [-0.1, -0.05) is 13.8 Å². The summed E-state index contributed by atoms with van der Waals surface area (Å²) in [5.41, 5.74) is -0.0725. The summed E-state index contributed by atoms with van der Waals surface area (Å²) in [5.74, 6) is 0.516. The van der Waals surface area contributed by atoms with Crippen molar-refractivity contribution in [3.8, 4) is 6.07 Å². The lowest BCUT2D eigenvalue weighted by molar-refractivity contribution is 0.461. The van der Waals surface area contributed by atoms with E-state index in [1.54, 1.807) is 0 Å². The Kier molecular flexibility index (Phi) is 0.908. The number of rotatable bonds is 1. The van der Waals surface area contributed by atoms with Gasteiger partial charge in [0.1, 0.15) is 0 Å². The predicted octanol–water partition coefficient (Wildman–Crippen LogP) is 1.96. The van der Waals surface area contributed by atoms with Crippen molar-refractivity contribution < 1.29 is 0 Å². The Labute approximate surface area is 66.1 Å². The second-order valence-electron chi connectivity index (χ2n) is 4.20. The molecule has 0 spiro atoms. The second kappa shape index (κ2) is 1.47. The van der Waals surface area contributed by atoms with Crippen LogP contribution in [0.4, 0.5) is 0 Å². The molecule has 58 valence electrons. The third-order valence-electron chi connectivity index (χ3n) is 2.97. The summed E-state index contributed by atoms with van der Waals surface area (Å²) in [4.78, 5) is 0. The van der Waals surface area contributed by atoms with E-state index in [1.165, 1.54) is 0 Å². The summed E-state index contributed by atoms with van der Waals surface area (Å²) in [6.07, 6.45) is 0. The number of nitriles is 1. The lowest BCUT2D eigenvalue weighted by Crippen LogP contribution is -2.11. The van der Waals surface area contributed by atoms with Gasteiger partial charge < -0.3 is 0 Å². The summed E-state index contributed by atoms with van der Waals surface area (Å²) < 4.78 is 0. The van der Waals surface area contributed by atoms with Crippen LogP contribution in [0.25, 0.3) is 0 Å². The molecule has 0 aromatic carbocycles. The van der Waals surface area contributed by atoms with Gasteiger partial charge in [-0.2, -0.15) is 15.5 Å². The van der Waals surface area contributed by atoms with E-state index in [0.717, 1.165) is 0 Å². The Morgan fingerprint density at radius 3 is 2.09 bits per heavy atom. The fraction of sp³-hybridized carbons (Fsp3) is 0.875. The Morgan fingerprint density at radius 2 is 1.82 bits per heavy atom. The normalized spacial score (nSPS) is 41.3. The molecule has 0 radical (unpaired) electrons. The first kappa shape index (κ1) is 6.78. The molecule has 3 nitrogen and oxygen atoms in total. The van der Waals surface area contributed by atoms with Crippen LogP contribution in [0, 0.1) is 28.6 Å². The standard InChI is InChI=1S/C8H11N3/c1-7(2)5(4-9)6(7)8(3)10-11-8/h5-6H,1-3H3/t5-,6-/m1/s1. The zero-order chi connectivity index (χ0) is 8.28. The van der Waals surface area contributed by atoms with Crippen LogP contribution in [0.15, 0.2) is 10.2 Å². The summed E-state index contributed by atoms with van der Waals surface area (Å²) >= 11 is 0. The molecular weight excluding hydrogens is 138 g/mol. The zero-order valence-electron chi connectivity index (χ0n) is 7.00. The van der Waals surface area contributed by atoms with Crippen LogP contribution in [0.3, 0.4) is 0 Å². The molecule has 0 aromatic rings. The van der Waals surface area contributed by atoms with Crippen molar-refractivity contribution in [3.05, 3.63) is 0 Å². The van der Waals surface area contributed by atoms with Crippen LogP contribution >= 0.6 is 0 Å². The van der Waals surface area contributed by atoms with E-state index < -0.39 is 0 Å². The minimum atomic E-state index is -0.204. The van der Waals surface area contributed by atoms with E-state index in [-0.39, 0.29) is 17.0 Å². The molecular formula is C8H11N3. The third-order valence-corrected chi connectivity index (χ3v) is 2.97. The Hall–Kier alpha value is -0.910. The molecule has 1 fully saturated rings. The molecule has 0 aromatic heterocycles. The average Bonchev–Trinajstić information content (AvgIpc) is 2.72. The first-order valence-electron chi connectivity index (χ1n) is 3.86. The molecule has 11 heavy (non-hydrogen) atoms. The SMILES string of the molecule is CC1([C@@H]2[C@@H](C#N)C2(C)C)N=N1. The summed E-state index contributed by atoms with van der Waals surface area (Å²) in [6, 6.07) is 2.31. The van der Waals surface area contributed by atoms with Gasteiger partial charge in [0, 0.05) is 5.92 Å². The smallest absolute Gasteiger partial charge is 0.192 e. The van der Waals surface area contributed by atoms with Crippen LogP contribution in [-0.2, 0) is 0 Å². The summed E-state index contributed by atoms with van der Waals surface area (Å²) in [5, 5.41) is 16.7. The van der Waals surface area contributed by atoms with E-state index in [0.29, 0.717) is 5.92 Å². The first-order valence-corrected chi connectivity index (χ1v) is 3.86. The highest BCUT2D eigenvalue weighted by Gasteiger charge is 2.69. The minimum absolute atomic E-state index is 0.132. The fourth-order valence-corrected chi connectivity index (χ4v) is 2.10. The van der Waals surface area contributed by atoms with Crippen LogP contribution < -0.4 is 0 Å². The predicted molar refractivity (Wildman–Crippen MR) is 39.6 cm³/mol. The van der Waals surface area contributed by atoms with E-state index in [9.17, 15) is 0 Å². The van der Waals surface area contributed by atoms with Gasteiger partial charge in [-0.25, -0.2) is 0 Å². The average molecular weight is 149 g/mol. The van der Waals surface area contributed by atoms with Gasteiger partial charge in [0.2, 0.25) is 0 Å². The van der Waals surface area contributed by atoms with Crippen LogP contribution in [0.1, 0.15) is 20.8 Å². The molecule has 2 rings (SSSR count). The molecule has 3 heteroatoms. The largest absolute Gasteiger partial charge is 0.198 e. The minimum Gasteiger partial charge on any atom is -0.198 e. The van der Waals surface area contributed by atoms with Gasteiger partial charge in [-0.05, 0) is 12.3 Å². The molecule has 1 saturated carbocycles. The molecule has 1 aliphatic heterocycles. The monoisotopic (exact) mass is 149 g/mol. The zero-order valence-corrected chi connectivity index (χ0v) is 7.00. The second-order valence-corrected chi connectivity index (χ2v) is 4.20. The van der Waals surface area contributed by atoms with Crippen molar-refractivity contribution in [2.75, 3.05) is 0 Å². The van der Waals surface area contributed by atoms with Crippen LogP contribution in [0.5, 0.6) is 0 Å². The molecule has 0 amide bonds. The molecule has 0 bridgehead atoms. The number of nitrogens with zero attached hydrogens (tertiary/aromatic N) is 3. The topological polar surface area (TPSA) is 48.5 Å². The Bertz CT molecular complexity index is 266. The van der Waals surface area contributed by atoms with Gasteiger partial charge in [0.15, 0.2) is 5.66 Å². The summed E-state index contributed by atoms with van der Waals surface area (Å²) in [6.45, 7) is 6.22. The van der Waals surface area contributed by atoms with E-state index in [1.807, 2.05) is 6.92 Å². The number of hydrogen-bond donors (Lipinski definition) is 0. The van der Waals surface area contributed by atoms with Crippen molar-refractivity contribution in [3.63, 3.8) is 0 Å². The van der Waals surface area contributed by atoms with E-state index in [2.05, 4.69) is 30.1 Å². The van der Waals surface area contributed by atoms with E-state index in [4.69, 9.17) is 5.26 Å². The Balaban J connectivity index is 2.16. The third kappa shape index (κ3) is 0.671. The molecule has 0 saturated heterocycles.